The minimum atomic E-state index is -0.472. The van der Waals surface area contributed by atoms with Gasteiger partial charge in [0.15, 0.2) is 5.76 Å². The number of aromatic nitrogens is 2. The number of benzene rings is 1. The van der Waals surface area contributed by atoms with Gasteiger partial charge in [-0.15, -0.1) is 0 Å². The van der Waals surface area contributed by atoms with Crippen LogP contribution in [0.5, 0.6) is 0 Å². The van der Waals surface area contributed by atoms with Crippen LogP contribution in [0.4, 0.5) is 0 Å². The van der Waals surface area contributed by atoms with Gasteiger partial charge < -0.3 is 14.1 Å². The first-order valence-corrected chi connectivity index (χ1v) is 6.81. The fourth-order valence-electron chi connectivity index (χ4n) is 2.65. The first-order valence-electron chi connectivity index (χ1n) is 6.81. The van der Waals surface area contributed by atoms with Crippen molar-refractivity contribution in [1.82, 2.24) is 9.97 Å². The minimum absolute atomic E-state index is 0.256. The van der Waals surface area contributed by atoms with Gasteiger partial charge in [-0.1, -0.05) is 18.2 Å². The molecule has 0 saturated heterocycles. The summed E-state index contributed by atoms with van der Waals surface area (Å²) in [5.74, 6) is 0.127. The molecule has 3 aromatic heterocycles. The van der Waals surface area contributed by atoms with Gasteiger partial charge in [-0.2, -0.15) is 0 Å². The van der Waals surface area contributed by atoms with Gasteiger partial charge in [0.2, 0.25) is 0 Å². The maximum absolute atomic E-state index is 11.9. The highest BCUT2D eigenvalue weighted by Crippen LogP contribution is 2.32. The molecule has 0 saturated carbocycles. The molecule has 0 radical (unpaired) electrons. The lowest BCUT2D eigenvalue weighted by Crippen LogP contribution is -2.05. The Morgan fingerprint density at radius 2 is 2.05 bits per heavy atom. The van der Waals surface area contributed by atoms with Crippen molar-refractivity contribution in [2.24, 2.45) is 0 Å². The molecule has 0 aliphatic carbocycles. The van der Waals surface area contributed by atoms with Crippen molar-refractivity contribution in [3.05, 3.63) is 54.4 Å². The second-order valence-electron chi connectivity index (χ2n) is 4.92. The number of furan rings is 1. The van der Waals surface area contributed by atoms with E-state index >= 15 is 0 Å². The third-order valence-electron chi connectivity index (χ3n) is 3.65. The molecular formula is C17H12N2O3. The Morgan fingerprint density at radius 1 is 1.18 bits per heavy atom. The van der Waals surface area contributed by atoms with Gasteiger partial charge in [-0.3, -0.25) is 0 Å². The average molecular weight is 292 g/mol. The zero-order valence-corrected chi connectivity index (χ0v) is 11.8. The van der Waals surface area contributed by atoms with Gasteiger partial charge in [0.05, 0.1) is 18.9 Å². The second kappa shape index (κ2) is 4.73. The van der Waals surface area contributed by atoms with E-state index in [1.54, 1.807) is 18.4 Å². The number of methoxy groups -OCH3 is 1. The van der Waals surface area contributed by atoms with Crippen LogP contribution in [0.3, 0.4) is 0 Å². The molecule has 1 N–H and O–H groups in total. The molecule has 0 atom stereocenters. The monoisotopic (exact) mass is 292 g/mol. The third-order valence-corrected chi connectivity index (χ3v) is 3.65. The standard InChI is InChI=1S/C17H12N2O3/c1-21-17(20)13-9-11-10-5-2-3-6-12(10)18-15(11)16(19-13)14-7-4-8-22-14/h2-9,18H,1H3. The molecule has 4 rings (SSSR count). The largest absolute Gasteiger partial charge is 0.464 e. The van der Waals surface area contributed by atoms with Crippen LogP contribution in [-0.4, -0.2) is 23.0 Å². The summed E-state index contributed by atoms with van der Waals surface area (Å²) in [6.07, 6.45) is 1.58. The van der Waals surface area contributed by atoms with E-state index in [2.05, 4.69) is 9.97 Å². The second-order valence-corrected chi connectivity index (χ2v) is 4.92. The van der Waals surface area contributed by atoms with Crippen molar-refractivity contribution in [2.45, 2.75) is 0 Å². The number of H-pyrrole nitrogens is 1. The van der Waals surface area contributed by atoms with E-state index in [4.69, 9.17) is 9.15 Å². The fraction of sp³-hybridized carbons (Fsp3) is 0.0588. The van der Waals surface area contributed by atoms with Crippen molar-refractivity contribution >= 4 is 27.8 Å². The number of aromatic amines is 1. The average Bonchev–Trinajstić information content (AvgIpc) is 3.20. The number of carbonyl (C=O) groups is 1. The number of nitrogens with one attached hydrogen (secondary N) is 1. The summed E-state index contributed by atoms with van der Waals surface area (Å²) >= 11 is 0. The Bertz CT molecular complexity index is 984. The number of pyridine rings is 1. The van der Waals surface area contributed by atoms with Crippen LogP contribution in [-0.2, 0) is 4.74 Å². The van der Waals surface area contributed by atoms with Crippen LogP contribution in [0.2, 0.25) is 0 Å². The normalized spacial score (nSPS) is 11.1. The lowest BCUT2D eigenvalue weighted by molar-refractivity contribution is 0.0594. The van der Waals surface area contributed by atoms with Crippen LogP contribution in [0.1, 0.15) is 10.5 Å². The molecule has 108 valence electrons. The highest BCUT2D eigenvalue weighted by molar-refractivity contribution is 6.12. The van der Waals surface area contributed by atoms with Gasteiger partial charge in [0.25, 0.3) is 0 Å². The van der Waals surface area contributed by atoms with Gasteiger partial charge in [-0.05, 0) is 24.3 Å². The number of ether oxygens (including phenoxy) is 1. The van der Waals surface area contributed by atoms with Crippen LogP contribution in [0.25, 0.3) is 33.3 Å². The van der Waals surface area contributed by atoms with Crippen LogP contribution >= 0.6 is 0 Å². The molecule has 0 aliphatic heterocycles. The first kappa shape index (κ1) is 12.6. The summed E-state index contributed by atoms with van der Waals surface area (Å²) in [5, 5.41) is 1.94. The van der Waals surface area contributed by atoms with Crippen molar-refractivity contribution in [3.63, 3.8) is 0 Å². The van der Waals surface area contributed by atoms with Gasteiger partial charge in [0.1, 0.15) is 11.4 Å². The van der Waals surface area contributed by atoms with Crippen molar-refractivity contribution in [2.75, 3.05) is 7.11 Å². The number of esters is 1. The summed E-state index contributed by atoms with van der Waals surface area (Å²) in [5.41, 5.74) is 2.67. The first-order chi connectivity index (χ1) is 10.8. The summed E-state index contributed by atoms with van der Waals surface area (Å²) < 4.78 is 10.3. The lowest BCUT2D eigenvalue weighted by atomic mass is 10.1. The highest BCUT2D eigenvalue weighted by atomic mass is 16.5. The van der Waals surface area contributed by atoms with Crippen molar-refractivity contribution in [1.29, 1.82) is 0 Å². The number of hydrogen-bond acceptors (Lipinski definition) is 4. The van der Waals surface area contributed by atoms with E-state index < -0.39 is 5.97 Å². The molecule has 4 aromatic rings. The molecular weight excluding hydrogens is 280 g/mol. The molecule has 22 heavy (non-hydrogen) atoms. The number of fused-ring (bicyclic) bond motifs is 3. The molecule has 0 unspecified atom stereocenters. The number of hydrogen-bond donors (Lipinski definition) is 1. The van der Waals surface area contributed by atoms with E-state index in [9.17, 15) is 4.79 Å². The molecule has 0 fully saturated rings. The van der Waals surface area contributed by atoms with Crippen molar-refractivity contribution < 1.29 is 13.9 Å². The molecule has 0 bridgehead atoms. The van der Waals surface area contributed by atoms with E-state index in [1.807, 2.05) is 30.3 Å². The quantitative estimate of drug-likeness (QED) is 0.571. The van der Waals surface area contributed by atoms with Crippen LogP contribution in [0, 0.1) is 0 Å². The molecule has 1 aromatic carbocycles. The van der Waals surface area contributed by atoms with E-state index in [0.717, 1.165) is 21.8 Å². The molecule has 0 aliphatic rings. The zero-order valence-electron chi connectivity index (χ0n) is 11.8. The lowest BCUT2D eigenvalue weighted by Gasteiger charge is -2.03. The summed E-state index contributed by atoms with van der Waals surface area (Å²) in [7, 11) is 1.34. The Balaban J connectivity index is 2.13. The molecule has 0 spiro atoms. The Morgan fingerprint density at radius 3 is 2.82 bits per heavy atom. The van der Waals surface area contributed by atoms with Gasteiger partial charge in [0, 0.05) is 16.3 Å². The highest BCUT2D eigenvalue weighted by Gasteiger charge is 2.18. The Kier molecular flexibility index (Phi) is 2.72. The summed E-state index contributed by atoms with van der Waals surface area (Å²) in [6, 6.07) is 13.2. The minimum Gasteiger partial charge on any atom is -0.464 e. The Hall–Kier alpha value is -3.08. The maximum Gasteiger partial charge on any atom is 0.356 e. The van der Waals surface area contributed by atoms with Crippen molar-refractivity contribution in [3.8, 4) is 11.5 Å². The number of nitrogens with zero attached hydrogens (tertiary/aromatic N) is 1. The maximum atomic E-state index is 11.9. The summed E-state index contributed by atoms with van der Waals surface area (Å²) in [6.45, 7) is 0. The van der Waals surface area contributed by atoms with Gasteiger partial charge >= 0.3 is 5.97 Å². The van der Waals surface area contributed by atoms with E-state index in [-0.39, 0.29) is 5.69 Å². The Labute approximate surface area is 125 Å². The van der Waals surface area contributed by atoms with Gasteiger partial charge in [-0.25, -0.2) is 9.78 Å². The molecule has 0 amide bonds. The molecule has 5 nitrogen and oxygen atoms in total. The number of para-hydroxylation sites is 1. The van der Waals surface area contributed by atoms with Crippen LogP contribution < -0.4 is 0 Å². The number of rotatable bonds is 2. The predicted molar refractivity (Wildman–Crippen MR) is 82.6 cm³/mol. The number of carbonyl (C=O) groups excluding carboxylic acids is 1. The molecule has 5 heteroatoms. The SMILES string of the molecule is COC(=O)c1cc2c([nH]c3ccccc32)c(-c2ccco2)n1. The van der Waals surface area contributed by atoms with E-state index in [0.29, 0.717) is 11.5 Å². The van der Waals surface area contributed by atoms with E-state index in [1.165, 1.54) is 7.11 Å². The van der Waals surface area contributed by atoms with Crippen LogP contribution in [0.15, 0.2) is 53.1 Å². The third kappa shape index (κ3) is 1.79. The molecule has 3 heterocycles. The predicted octanol–water partition coefficient (Wildman–Crippen LogP) is 3.76. The summed E-state index contributed by atoms with van der Waals surface area (Å²) in [4.78, 5) is 19.7. The fourth-order valence-corrected chi connectivity index (χ4v) is 2.65. The topological polar surface area (TPSA) is 68.1 Å². The smallest absolute Gasteiger partial charge is 0.356 e. The zero-order chi connectivity index (χ0) is 15.1.